The minimum absolute atomic E-state index is 0. The Balaban J connectivity index is 0.00000288. The number of nitrogens with two attached hydrogens (primary N) is 1. The number of hydrogen-bond acceptors (Lipinski definition) is 5. The lowest BCUT2D eigenvalue weighted by Gasteiger charge is -2.35. The minimum atomic E-state index is -0.652. The molecule has 2 rings (SSSR count). The number of rotatable bonds is 5. The molecule has 1 atom stereocenters. The van der Waals surface area contributed by atoms with Gasteiger partial charge >= 0.3 is 0 Å². The number of carbonyl (C=O) groups excluding carboxylic acids is 2. The number of amides is 2. The molecule has 24 heavy (non-hydrogen) atoms. The number of ether oxygens (including phenoxy) is 2. The van der Waals surface area contributed by atoms with Gasteiger partial charge in [0.2, 0.25) is 5.91 Å². The van der Waals surface area contributed by atoms with Crippen molar-refractivity contribution in [1.82, 2.24) is 9.80 Å². The molecule has 0 aromatic heterocycles. The Morgan fingerprint density at radius 3 is 2.38 bits per heavy atom. The van der Waals surface area contributed by atoms with E-state index in [9.17, 15) is 9.59 Å². The van der Waals surface area contributed by atoms with E-state index in [2.05, 4.69) is 0 Å². The Morgan fingerprint density at radius 1 is 1.17 bits per heavy atom. The van der Waals surface area contributed by atoms with Crippen molar-refractivity contribution >= 4 is 24.2 Å². The third kappa shape index (κ3) is 4.83. The second kappa shape index (κ2) is 9.46. The molecule has 1 heterocycles. The summed E-state index contributed by atoms with van der Waals surface area (Å²) in [6.45, 7) is 2.13. The Bertz CT molecular complexity index is 562. The van der Waals surface area contributed by atoms with Gasteiger partial charge in [0.1, 0.15) is 11.8 Å². The third-order valence-electron chi connectivity index (χ3n) is 3.86. The molecule has 2 N–H and O–H groups in total. The van der Waals surface area contributed by atoms with E-state index < -0.39 is 6.04 Å². The Morgan fingerprint density at radius 2 is 1.79 bits per heavy atom. The average Bonchev–Trinajstić information content (AvgIpc) is 2.60. The Labute approximate surface area is 148 Å². The molecule has 1 fully saturated rings. The topological polar surface area (TPSA) is 85.1 Å². The molecule has 1 saturated heterocycles. The fourth-order valence-electron chi connectivity index (χ4n) is 2.55. The number of piperazine rings is 1. The molecular weight excluding hydrogens is 334 g/mol. The van der Waals surface area contributed by atoms with E-state index in [1.54, 1.807) is 41.2 Å². The molecule has 8 heteroatoms. The zero-order chi connectivity index (χ0) is 16.8. The van der Waals surface area contributed by atoms with Gasteiger partial charge in [-0.25, -0.2) is 0 Å². The second-order valence-corrected chi connectivity index (χ2v) is 5.41. The van der Waals surface area contributed by atoms with Gasteiger partial charge in [-0.2, -0.15) is 0 Å². The van der Waals surface area contributed by atoms with E-state index in [0.717, 1.165) is 0 Å². The van der Waals surface area contributed by atoms with Gasteiger partial charge in [-0.3, -0.25) is 9.59 Å². The van der Waals surface area contributed by atoms with Crippen LogP contribution in [-0.2, 0) is 9.53 Å². The largest absolute Gasteiger partial charge is 0.497 e. The van der Waals surface area contributed by atoms with Crippen LogP contribution in [0, 0.1) is 0 Å². The van der Waals surface area contributed by atoms with Crippen molar-refractivity contribution in [2.24, 2.45) is 5.73 Å². The zero-order valence-corrected chi connectivity index (χ0v) is 14.8. The Hall–Kier alpha value is -1.83. The molecule has 1 unspecified atom stereocenters. The van der Waals surface area contributed by atoms with Crippen molar-refractivity contribution in [3.63, 3.8) is 0 Å². The summed E-state index contributed by atoms with van der Waals surface area (Å²) < 4.78 is 10.0. The van der Waals surface area contributed by atoms with Gasteiger partial charge < -0.3 is 25.0 Å². The van der Waals surface area contributed by atoms with Crippen LogP contribution in [0.3, 0.4) is 0 Å². The van der Waals surface area contributed by atoms with Crippen molar-refractivity contribution < 1.29 is 19.1 Å². The number of benzene rings is 1. The number of methoxy groups -OCH3 is 2. The second-order valence-electron chi connectivity index (χ2n) is 5.41. The average molecular weight is 358 g/mol. The molecular formula is C16H24ClN3O4. The maximum absolute atomic E-state index is 12.5. The molecule has 1 aliphatic rings. The first-order valence-corrected chi connectivity index (χ1v) is 7.53. The first-order chi connectivity index (χ1) is 11.1. The molecule has 0 radical (unpaired) electrons. The molecule has 0 spiro atoms. The molecule has 1 aromatic rings. The van der Waals surface area contributed by atoms with Crippen LogP contribution in [0.4, 0.5) is 0 Å². The van der Waals surface area contributed by atoms with E-state index in [1.165, 1.54) is 7.11 Å². The van der Waals surface area contributed by atoms with Gasteiger partial charge in [0, 0.05) is 38.9 Å². The van der Waals surface area contributed by atoms with Crippen LogP contribution in [0.5, 0.6) is 5.75 Å². The van der Waals surface area contributed by atoms with Gasteiger partial charge in [0.05, 0.1) is 13.7 Å². The molecule has 0 bridgehead atoms. The summed E-state index contributed by atoms with van der Waals surface area (Å²) in [4.78, 5) is 28.0. The predicted octanol–water partition coefficient (Wildman–Crippen LogP) is 0.375. The summed E-state index contributed by atoms with van der Waals surface area (Å²) in [6, 6.07) is 6.41. The lowest BCUT2D eigenvalue weighted by atomic mass is 10.1. The molecule has 0 saturated carbocycles. The first kappa shape index (κ1) is 20.2. The lowest BCUT2D eigenvalue weighted by molar-refractivity contribution is -0.135. The summed E-state index contributed by atoms with van der Waals surface area (Å²) >= 11 is 0. The summed E-state index contributed by atoms with van der Waals surface area (Å²) in [5.41, 5.74) is 6.35. The number of hydrogen-bond donors (Lipinski definition) is 1. The highest BCUT2D eigenvalue weighted by atomic mass is 35.5. The molecule has 1 aliphatic heterocycles. The van der Waals surface area contributed by atoms with Crippen molar-refractivity contribution in [2.45, 2.75) is 6.04 Å². The van der Waals surface area contributed by atoms with Crippen LogP contribution in [0.15, 0.2) is 24.3 Å². The summed E-state index contributed by atoms with van der Waals surface area (Å²) in [5, 5.41) is 0. The summed E-state index contributed by atoms with van der Waals surface area (Å²) in [7, 11) is 3.08. The molecule has 7 nitrogen and oxygen atoms in total. The van der Waals surface area contributed by atoms with E-state index in [4.69, 9.17) is 15.2 Å². The fourth-order valence-corrected chi connectivity index (χ4v) is 2.55. The van der Waals surface area contributed by atoms with Crippen molar-refractivity contribution in [3.05, 3.63) is 29.8 Å². The van der Waals surface area contributed by atoms with E-state index in [1.807, 2.05) is 0 Å². The van der Waals surface area contributed by atoms with Crippen LogP contribution >= 0.6 is 12.4 Å². The summed E-state index contributed by atoms with van der Waals surface area (Å²) in [6.07, 6.45) is 0. The van der Waals surface area contributed by atoms with Crippen molar-refractivity contribution in [2.75, 3.05) is 47.0 Å². The number of halogens is 1. The quantitative estimate of drug-likeness (QED) is 0.823. The van der Waals surface area contributed by atoms with Gasteiger partial charge in [-0.15, -0.1) is 12.4 Å². The smallest absolute Gasteiger partial charge is 0.254 e. The zero-order valence-electron chi connectivity index (χ0n) is 13.9. The molecule has 134 valence electrons. The maximum Gasteiger partial charge on any atom is 0.254 e. The highest BCUT2D eigenvalue weighted by molar-refractivity contribution is 5.94. The van der Waals surface area contributed by atoms with Gasteiger partial charge in [0.25, 0.3) is 5.91 Å². The standard InChI is InChI=1S/C16H23N3O4.ClH/c1-22-11-14(17)16(21)19-8-6-18(7-9-19)15(20)12-4-3-5-13(10-12)23-2;/h3-5,10,14H,6-9,11,17H2,1-2H3;1H. The molecule has 0 aliphatic carbocycles. The fraction of sp³-hybridized carbons (Fsp3) is 0.500. The lowest BCUT2D eigenvalue weighted by Crippen LogP contribution is -2.55. The van der Waals surface area contributed by atoms with E-state index >= 15 is 0 Å². The molecule has 1 aromatic carbocycles. The third-order valence-corrected chi connectivity index (χ3v) is 3.86. The van der Waals surface area contributed by atoms with Gasteiger partial charge in [-0.1, -0.05) is 6.07 Å². The molecule has 2 amide bonds. The SMILES string of the molecule is COCC(N)C(=O)N1CCN(C(=O)c2cccc(OC)c2)CC1.Cl. The predicted molar refractivity (Wildman–Crippen MR) is 92.6 cm³/mol. The highest BCUT2D eigenvalue weighted by Gasteiger charge is 2.27. The monoisotopic (exact) mass is 357 g/mol. The van der Waals surface area contributed by atoms with Crippen LogP contribution in [0.25, 0.3) is 0 Å². The van der Waals surface area contributed by atoms with E-state index in [-0.39, 0.29) is 30.8 Å². The van der Waals surface area contributed by atoms with Gasteiger partial charge in [-0.05, 0) is 18.2 Å². The van der Waals surface area contributed by atoms with Crippen LogP contribution in [0.2, 0.25) is 0 Å². The Kier molecular flexibility index (Phi) is 7.97. The van der Waals surface area contributed by atoms with Crippen molar-refractivity contribution in [3.8, 4) is 5.75 Å². The number of nitrogens with zero attached hydrogens (tertiary/aromatic N) is 2. The normalized spacial score (nSPS) is 15.5. The van der Waals surface area contributed by atoms with Gasteiger partial charge in [0.15, 0.2) is 0 Å². The highest BCUT2D eigenvalue weighted by Crippen LogP contribution is 2.15. The van der Waals surface area contributed by atoms with Crippen LogP contribution in [-0.4, -0.2) is 74.7 Å². The maximum atomic E-state index is 12.5. The van der Waals surface area contributed by atoms with Crippen LogP contribution in [0.1, 0.15) is 10.4 Å². The van der Waals surface area contributed by atoms with Crippen LogP contribution < -0.4 is 10.5 Å². The summed E-state index contributed by atoms with van der Waals surface area (Å²) in [5.74, 6) is 0.452. The minimum Gasteiger partial charge on any atom is -0.497 e. The number of carbonyl (C=O) groups is 2. The van der Waals surface area contributed by atoms with Crippen molar-refractivity contribution in [1.29, 1.82) is 0 Å². The first-order valence-electron chi connectivity index (χ1n) is 7.53. The van der Waals surface area contributed by atoms with E-state index in [0.29, 0.717) is 37.5 Å².